The number of rotatable bonds is 3. The van der Waals surface area contributed by atoms with E-state index in [0.29, 0.717) is 18.7 Å². The predicted molar refractivity (Wildman–Crippen MR) is 92.7 cm³/mol. The molecular weight excluding hydrogens is 302 g/mol. The Balaban J connectivity index is 1.65. The lowest BCUT2D eigenvalue weighted by Gasteiger charge is -2.36. The molecular formula is C18H19N5O. The van der Waals surface area contributed by atoms with E-state index in [1.54, 1.807) is 10.9 Å². The van der Waals surface area contributed by atoms with Crippen LogP contribution in [0, 0.1) is 0 Å². The summed E-state index contributed by atoms with van der Waals surface area (Å²) in [5.74, 6) is 0.513. The third kappa shape index (κ3) is 2.55. The van der Waals surface area contributed by atoms with Gasteiger partial charge in [-0.3, -0.25) is 9.48 Å². The van der Waals surface area contributed by atoms with Crippen LogP contribution in [0.1, 0.15) is 12.8 Å². The molecule has 0 spiro atoms. The van der Waals surface area contributed by atoms with Gasteiger partial charge in [0.2, 0.25) is 0 Å². The van der Waals surface area contributed by atoms with Gasteiger partial charge in [0.05, 0.1) is 5.52 Å². The SMILES string of the molecule is O=C(Nc1ccc2ccccc2n1)C1(n2cccn2)CCNCC1. The number of hydrogen-bond donors (Lipinski definition) is 2. The number of para-hydroxylation sites is 1. The topological polar surface area (TPSA) is 71.8 Å². The van der Waals surface area contributed by atoms with Crippen molar-refractivity contribution in [2.24, 2.45) is 0 Å². The molecule has 0 saturated carbocycles. The highest BCUT2D eigenvalue weighted by Gasteiger charge is 2.42. The van der Waals surface area contributed by atoms with Crippen LogP contribution >= 0.6 is 0 Å². The molecule has 0 atom stereocenters. The summed E-state index contributed by atoms with van der Waals surface area (Å²) in [5.41, 5.74) is 0.205. The normalized spacial score (nSPS) is 16.8. The van der Waals surface area contributed by atoms with Crippen LogP contribution in [-0.2, 0) is 10.3 Å². The number of nitrogens with one attached hydrogen (secondary N) is 2. The van der Waals surface area contributed by atoms with Crippen molar-refractivity contribution in [3.8, 4) is 0 Å². The van der Waals surface area contributed by atoms with Crippen molar-refractivity contribution in [2.75, 3.05) is 18.4 Å². The smallest absolute Gasteiger partial charge is 0.253 e. The Morgan fingerprint density at radius 3 is 2.75 bits per heavy atom. The predicted octanol–water partition coefficient (Wildman–Crippen LogP) is 2.15. The first-order valence-electron chi connectivity index (χ1n) is 8.16. The Bertz CT molecular complexity index is 853. The number of piperidine rings is 1. The van der Waals surface area contributed by atoms with Crippen molar-refractivity contribution < 1.29 is 4.79 Å². The molecule has 6 nitrogen and oxygen atoms in total. The molecule has 1 aliphatic rings. The zero-order chi connectivity index (χ0) is 16.4. The Kier molecular flexibility index (Phi) is 3.74. The van der Waals surface area contributed by atoms with Gasteiger partial charge in [0.15, 0.2) is 0 Å². The standard InChI is InChI=1S/C18H19N5O/c24-17(18(8-11-19-12-9-18)23-13-3-10-20-23)22-16-7-6-14-4-1-2-5-15(14)21-16/h1-7,10,13,19H,8-9,11-12H2,(H,21,22,24). The van der Waals surface area contributed by atoms with Crippen LogP contribution in [0.25, 0.3) is 10.9 Å². The van der Waals surface area contributed by atoms with Gasteiger partial charge < -0.3 is 10.6 Å². The quantitative estimate of drug-likeness (QED) is 0.775. The van der Waals surface area contributed by atoms with Crippen LogP contribution in [0.4, 0.5) is 5.82 Å². The molecule has 1 aliphatic heterocycles. The van der Waals surface area contributed by atoms with Gasteiger partial charge in [-0.2, -0.15) is 5.10 Å². The highest BCUT2D eigenvalue weighted by atomic mass is 16.2. The second kappa shape index (κ2) is 6.05. The van der Waals surface area contributed by atoms with Gasteiger partial charge in [0.1, 0.15) is 11.4 Å². The lowest BCUT2D eigenvalue weighted by atomic mass is 9.87. The minimum absolute atomic E-state index is 0.0597. The van der Waals surface area contributed by atoms with Crippen molar-refractivity contribution in [1.29, 1.82) is 0 Å². The number of carbonyl (C=O) groups excluding carboxylic acids is 1. The molecule has 24 heavy (non-hydrogen) atoms. The van der Waals surface area contributed by atoms with Crippen LogP contribution in [0.5, 0.6) is 0 Å². The van der Waals surface area contributed by atoms with Crippen molar-refractivity contribution in [3.05, 3.63) is 54.9 Å². The number of nitrogens with zero attached hydrogens (tertiary/aromatic N) is 3. The molecule has 3 aromatic rings. The van der Waals surface area contributed by atoms with E-state index in [1.165, 1.54) is 0 Å². The molecule has 0 bridgehead atoms. The number of anilines is 1. The van der Waals surface area contributed by atoms with E-state index in [9.17, 15) is 4.79 Å². The average molecular weight is 321 g/mol. The Morgan fingerprint density at radius 2 is 1.96 bits per heavy atom. The van der Waals surface area contributed by atoms with E-state index in [0.717, 1.165) is 24.0 Å². The molecule has 122 valence electrons. The van der Waals surface area contributed by atoms with Crippen LogP contribution in [-0.4, -0.2) is 33.8 Å². The second-order valence-corrected chi connectivity index (χ2v) is 6.08. The number of pyridine rings is 1. The maximum Gasteiger partial charge on any atom is 0.253 e. The first-order valence-corrected chi connectivity index (χ1v) is 8.16. The van der Waals surface area contributed by atoms with Crippen molar-refractivity contribution >= 4 is 22.6 Å². The molecule has 1 saturated heterocycles. The number of hydrogen-bond acceptors (Lipinski definition) is 4. The highest BCUT2D eigenvalue weighted by Crippen LogP contribution is 2.28. The van der Waals surface area contributed by atoms with Gasteiger partial charge in [-0.15, -0.1) is 0 Å². The van der Waals surface area contributed by atoms with Crippen LogP contribution in [0.2, 0.25) is 0 Å². The maximum atomic E-state index is 13.1. The van der Waals surface area contributed by atoms with Crippen LogP contribution < -0.4 is 10.6 Å². The van der Waals surface area contributed by atoms with Gasteiger partial charge >= 0.3 is 0 Å². The summed E-state index contributed by atoms with van der Waals surface area (Å²) in [6.07, 6.45) is 4.98. The van der Waals surface area contributed by atoms with E-state index in [1.807, 2.05) is 48.7 Å². The lowest BCUT2D eigenvalue weighted by Crippen LogP contribution is -2.52. The molecule has 4 rings (SSSR count). The summed E-state index contributed by atoms with van der Waals surface area (Å²) >= 11 is 0. The Morgan fingerprint density at radius 1 is 1.12 bits per heavy atom. The molecule has 0 unspecified atom stereocenters. The fraction of sp³-hybridized carbons (Fsp3) is 0.278. The number of amides is 1. The molecule has 1 amide bonds. The zero-order valence-electron chi connectivity index (χ0n) is 13.3. The monoisotopic (exact) mass is 321 g/mol. The molecule has 1 aromatic carbocycles. The largest absolute Gasteiger partial charge is 0.317 e. The van der Waals surface area contributed by atoms with E-state index >= 15 is 0 Å². The number of carbonyl (C=O) groups is 1. The number of fused-ring (bicyclic) bond motifs is 1. The first kappa shape index (κ1) is 14.8. The summed E-state index contributed by atoms with van der Waals surface area (Å²) in [5, 5.41) is 11.7. The van der Waals surface area contributed by atoms with E-state index < -0.39 is 5.54 Å². The van der Waals surface area contributed by atoms with E-state index in [-0.39, 0.29) is 5.91 Å². The third-order valence-electron chi connectivity index (χ3n) is 4.64. The van der Waals surface area contributed by atoms with E-state index in [2.05, 4.69) is 20.7 Å². The lowest BCUT2D eigenvalue weighted by molar-refractivity contribution is -0.126. The van der Waals surface area contributed by atoms with Gasteiger partial charge in [0, 0.05) is 17.8 Å². The molecule has 3 heterocycles. The van der Waals surface area contributed by atoms with Gasteiger partial charge in [-0.1, -0.05) is 18.2 Å². The van der Waals surface area contributed by atoms with Crippen molar-refractivity contribution in [3.63, 3.8) is 0 Å². The summed E-state index contributed by atoms with van der Waals surface area (Å²) < 4.78 is 1.78. The summed E-state index contributed by atoms with van der Waals surface area (Å²) in [7, 11) is 0. The third-order valence-corrected chi connectivity index (χ3v) is 4.64. The maximum absolute atomic E-state index is 13.1. The van der Waals surface area contributed by atoms with Crippen molar-refractivity contribution in [1.82, 2.24) is 20.1 Å². The summed E-state index contributed by atoms with van der Waals surface area (Å²) in [4.78, 5) is 17.6. The van der Waals surface area contributed by atoms with Gasteiger partial charge in [-0.25, -0.2) is 4.98 Å². The molecule has 2 aromatic heterocycles. The second-order valence-electron chi connectivity index (χ2n) is 6.08. The van der Waals surface area contributed by atoms with Crippen LogP contribution in [0.15, 0.2) is 54.9 Å². The summed E-state index contributed by atoms with van der Waals surface area (Å²) in [6, 6.07) is 13.5. The minimum Gasteiger partial charge on any atom is -0.317 e. The van der Waals surface area contributed by atoms with Crippen LogP contribution in [0.3, 0.4) is 0 Å². The number of benzene rings is 1. The fourth-order valence-electron chi connectivity index (χ4n) is 3.29. The highest BCUT2D eigenvalue weighted by molar-refractivity contribution is 5.97. The molecule has 2 N–H and O–H groups in total. The molecule has 6 heteroatoms. The zero-order valence-corrected chi connectivity index (χ0v) is 13.3. The minimum atomic E-state index is -0.665. The Labute approximate surface area is 139 Å². The van der Waals surface area contributed by atoms with Crippen molar-refractivity contribution in [2.45, 2.75) is 18.4 Å². The summed E-state index contributed by atoms with van der Waals surface area (Å²) in [6.45, 7) is 1.58. The molecule has 0 aliphatic carbocycles. The van der Waals surface area contributed by atoms with Gasteiger partial charge in [0.25, 0.3) is 5.91 Å². The Hall–Kier alpha value is -2.73. The van der Waals surface area contributed by atoms with E-state index in [4.69, 9.17) is 0 Å². The van der Waals surface area contributed by atoms with Gasteiger partial charge in [-0.05, 0) is 50.2 Å². The number of aromatic nitrogens is 3. The first-order chi connectivity index (χ1) is 11.8. The fourth-order valence-corrected chi connectivity index (χ4v) is 3.29. The molecule has 0 radical (unpaired) electrons. The average Bonchev–Trinajstić information content (AvgIpc) is 3.17. The molecule has 1 fully saturated rings.